The Kier molecular flexibility index (Phi) is 11.6. The molecule has 3 heterocycles. The minimum absolute atomic E-state index is 0.0265. The van der Waals surface area contributed by atoms with Gasteiger partial charge < -0.3 is 24.4 Å². The lowest BCUT2D eigenvalue weighted by Gasteiger charge is -2.31. The van der Waals surface area contributed by atoms with Gasteiger partial charge in [0.1, 0.15) is 5.75 Å². The number of hydrogen-bond acceptors (Lipinski definition) is 6. The number of benzene rings is 3. The predicted octanol–water partition coefficient (Wildman–Crippen LogP) is 7.80. The molecule has 1 aliphatic carbocycles. The van der Waals surface area contributed by atoms with Crippen molar-refractivity contribution in [2.24, 2.45) is 5.92 Å². The maximum Gasteiger partial charge on any atom is 0.251 e. The number of carbonyl (C=O) groups excluding carboxylic acids is 1. The minimum Gasteiger partial charge on any atom is -0.493 e. The van der Waals surface area contributed by atoms with Gasteiger partial charge in [-0.25, -0.2) is 0 Å². The first-order valence-corrected chi connectivity index (χ1v) is 17.6. The van der Waals surface area contributed by atoms with Crippen LogP contribution in [0, 0.1) is 5.92 Å². The lowest BCUT2D eigenvalue weighted by atomic mass is 9.99. The number of fused-ring (bicyclic) bond motifs is 1. The summed E-state index contributed by atoms with van der Waals surface area (Å²) in [6, 6.07) is 23.7. The average Bonchev–Trinajstić information content (AvgIpc) is 3.76. The van der Waals surface area contributed by atoms with E-state index in [0.717, 1.165) is 98.5 Å². The fraction of sp³-hybridized carbons (Fsp3) is 0.475. The van der Waals surface area contributed by atoms with Crippen LogP contribution in [0.1, 0.15) is 63.0 Å². The largest absolute Gasteiger partial charge is 0.493 e. The van der Waals surface area contributed by atoms with Crippen molar-refractivity contribution in [2.45, 2.75) is 64.5 Å². The second kappa shape index (κ2) is 16.4. The normalized spacial score (nSPS) is 18.1. The third-order valence-corrected chi connectivity index (χ3v) is 9.60. The average molecular weight is 638 g/mol. The van der Waals surface area contributed by atoms with Gasteiger partial charge in [0, 0.05) is 74.6 Å². The van der Waals surface area contributed by atoms with Gasteiger partial charge in [-0.3, -0.25) is 9.69 Å². The minimum atomic E-state index is -0.0265. The van der Waals surface area contributed by atoms with Crippen molar-refractivity contribution in [3.8, 4) is 16.9 Å². The Morgan fingerprint density at radius 3 is 2.38 bits per heavy atom. The summed E-state index contributed by atoms with van der Waals surface area (Å²) in [6.07, 6.45) is 10.1. The molecule has 3 aromatic rings. The van der Waals surface area contributed by atoms with Crippen LogP contribution in [-0.4, -0.2) is 70.0 Å². The molecular weight excluding hydrogens is 586 g/mol. The Morgan fingerprint density at radius 2 is 1.68 bits per heavy atom. The third-order valence-electron chi connectivity index (χ3n) is 9.60. The first kappa shape index (κ1) is 33.3. The molecule has 0 bridgehead atoms. The Balaban J connectivity index is 0.000000707. The van der Waals surface area contributed by atoms with Gasteiger partial charge in [0.2, 0.25) is 0 Å². The molecule has 1 amide bonds. The van der Waals surface area contributed by atoms with Crippen LogP contribution in [0.2, 0.25) is 0 Å². The van der Waals surface area contributed by atoms with Gasteiger partial charge >= 0.3 is 0 Å². The number of nitrogens with zero attached hydrogens (tertiary/aromatic N) is 2. The van der Waals surface area contributed by atoms with Crippen molar-refractivity contribution in [2.75, 3.05) is 63.4 Å². The second-order valence-corrected chi connectivity index (χ2v) is 13.2. The first-order valence-electron chi connectivity index (χ1n) is 17.6. The smallest absolute Gasteiger partial charge is 0.251 e. The molecule has 4 aliphatic rings. The van der Waals surface area contributed by atoms with Gasteiger partial charge in [-0.2, -0.15) is 0 Å². The number of nitrogens with one attached hydrogen (secondary N) is 1. The van der Waals surface area contributed by atoms with Crippen molar-refractivity contribution < 1.29 is 19.0 Å². The zero-order valence-corrected chi connectivity index (χ0v) is 28.2. The van der Waals surface area contributed by atoms with Crippen molar-refractivity contribution >= 4 is 23.4 Å². The predicted molar refractivity (Wildman–Crippen MR) is 191 cm³/mol. The molecule has 7 nitrogen and oxygen atoms in total. The van der Waals surface area contributed by atoms with Gasteiger partial charge in [-0.05, 0) is 118 Å². The highest BCUT2D eigenvalue weighted by Gasteiger charge is 2.28. The lowest BCUT2D eigenvalue weighted by molar-refractivity contribution is -0.112. The number of anilines is 2. The summed E-state index contributed by atoms with van der Waals surface area (Å²) in [7, 11) is 2.19. The quantitative estimate of drug-likeness (QED) is 0.245. The van der Waals surface area contributed by atoms with Crippen LogP contribution in [0.25, 0.3) is 17.2 Å². The molecule has 7 rings (SSSR count). The van der Waals surface area contributed by atoms with Crippen molar-refractivity contribution in [1.29, 1.82) is 0 Å². The topological polar surface area (TPSA) is 63.3 Å². The molecule has 2 saturated heterocycles. The molecule has 7 heteroatoms. The lowest BCUT2D eigenvalue weighted by Crippen LogP contribution is -2.36. The van der Waals surface area contributed by atoms with E-state index < -0.39 is 0 Å². The van der Waals surface area contributed by atoms with Crippen LogP contribution >= 0.6 is 0 Å². The van der Waals surface area contributed by atoms with Crippen LogP contribution in [-0.2, 0) is 20.8 Å². The highest BCUT2D eigenvalue weighted by atomic mass is 16.5. The van der Waals surface area contributed by atoms with Gasteiger partial charge in [-0.15, -0.1) is 0 Å². The highest BCUT2D eigenvalue weighted by Crippen LogP contribution is 2.38. The molecule has 0 unspecified atom stereocenters. The van der Waals surface area contributed by atoms with Gasteiger partial charge in [0.25, 0.3) is 5.91 Å². The zero-order chi connectivity index (χ0) is 32.4. The Morgan fingerprint density at radius 1 is 0.936 bits per heavy atom. The molecule has 250 valence electrons. The third kappa shape index (κ3) is 9.25. The van der Waals surface area contributed by atoms with Crippen LogP contribution in [0.3, 0.4) is 0 Å². The number of amides is 1. The monoisotopic (exact) mass is 637 g/mol. The van der Waals surface area contributed by atoms with E-state index in [1.807, 2.05) is 37.3 Å². The Bertz CT molecular complexity index is 1480. The van der Waals surface area contributed by atoms with E-state index >= 15 is 0 Å². The number of rotatable bonds is 10. The van der Waals surface area contributed by atoms with E-state index in [4.69, 9.17) is 14.2 Å². The Labute approximate surface area is 280 Å². The van der Waals surface area contributed by atoms with E-state index in [1.165, 1.54) is 36.9 Å². The van der Waals surface area contributed by atoms with Crippen LogP contribution in [0.15, 0.2) is 72.3 Å². The fourth-order valence-corrected chi connectivity index (χ4v) is 6.69. The molecule has 0 aromatic heterocycles. The van der Waals surface area contributed by atoms with Crippen LogP contribution in [0.4, 0.5) is 11.4 Å². The number of ether oxygens (including phenoxy) is 3. The summed E-state index contributed by atoms with van der Waals surface area (Å²) >= 11 is 0. The molecule has 1 N–H and O–H groups in total. The zero-order valence-electron chi connectivity index (χ0n) is 28.2. The Hall–Kier alpha value is -3.65. The summed E-state index contributed by atoms with van der Waals surface area (Å²) in [5, 5.41) is 3.18. The molecule has 3 fully saturated rings. The van der Waals surface area contributed by atoms with E-state index in [-0.39, 0.29) is 5.91 Å². The maximum absolute atomic E-state index is 13.6. The SMILES string of the molecule is C1CCOC1.CCOc1ccccc1-c1ccc2c(c1)C=C(C(=O)Nc1ccc(CN(C)C3CCOCC3)cc1)CCN2CC1CC1. The molecule has 0 spiro atoms. The van der Waals surface area contributed by atoms with E-state index in [9.17, 15) is 4.79 Å². The van der Waals surface area contributed by atoms with Gasteiger partial charge in [0.05, 0.1) is 6.61 Å². The molecule has 47 heavy (non-hydrogen) atoms. The molecule has 3 aliphatic heterocycles. The van der Waals surface area contributed by atoms with Gasteiger partial charge in [0.15, 0.2) is 0 Å². The summed E-state index contributed by atoms with van der Waals surface area (Å²) in [4.78, 5) is 18.5. The number of hydrogen-bond donors (Lipinski definition) is 1. The summed E-state index contributed by atoms with van der Waals surface area (Å²) in [5.41, 5.74) is 7.37. The summed E-state index contributed by atoms with van der Waals surface area (Å²) in [6.45, 7) is 9.11. The van der Waals surface area contributed by atoms with Crippen molar-refractivity contribution in [3.63, 3.8) is 0 Å². The molecule has 3 aromatic carbocycles. The van der Waals surface area contributed by atoms with Gasteiger partial charge in [-0.1, -0.05) is 36.4 Å². The fourth-order valence-electron chi connectivity index (χ4n) is 6.69. The second-order valence-electron chi connectivity index (χ2n) is 13.2. The number of para-hydroxylation sites is 1. The summed E-state index contributed by atoms with van der Waals surface area (Å²) < 4.78 is 16.4. The van der Waals surface area contributed by atoms with Crippen molar-refractivity contribution in [1.82, 2.24) is 4.90 Å². The molecule has 1 saturated carbocycles. The molecular formula is C40H51N3O4. The maximum atomic E-state index is 13.6. The van der Waals surface area contributed by atoms with E-state index in [1.54, 1.807) is 0 Å². The van der Waals surface area contributed by atoms with E-state index in [0.29, 0.717) is 19.1 Å². The van der Waals surface area contributed by atoms with Crippen LogP contribution < -0.4 is 15.0 Å². The van der Waals surface area contributed by atoms with Crippen molar-refractivity contribution in [3.05, 3.63) is 83.4 Å². The highest BCUT2D eigenvalue weighted by molar-refractivity contribution is 6.07. The number of carbonyl (C=O) groups is 1. The molecule has 0 radical (unpaired) electrons. The van der Waals surface area contributed by atoms with Crippen LogP contribution in [0.5, 0.6) is 5.75 Å². The first-order chi connectivity index (χ1) is 23.1. The standard InChI is InChI=1S/C36H43N3O3.C4H8O/c1-3-42-35-7-5-4-6-33(35)28-12-15-34-30(22-28)23-29(16-19-39(34)25-27-8-9-27)36(40)37-31-13-10-26(11-14-31)24-38(2)32-17-20-41-21-18-32;1-2-4-5-3-1/h4-7,10-15,22-23,27,32H,3,8-9,16-21,24-25H2,1-2H3,(H,37,40);1-4H2. The van der Waals surface area contributed by atoms with E-state index in [2.05, 4.69) is 64.6 Å². The molecule has 0 atom stereocenters. The summed E-state index contributed by atoms with van der Waals surface area (Å²) in [5.74, 6) is 1.62.